The second-order valence-electron chi connectivity index (χ2n) is 4.37. The first kappa shape index (κ1) is 15.5. The Morgan fingerprint density at radius 2 is 1.81 bits per heavy atom. The van der Waals surface area contributed by atoms with Crippen LogP contribution in [0.4, 0.5) is 20.2 Å². The molecule has 2 aromatic rings. The Morgan fingerprint density at radius 1 is 1.14 bits per heavy atom. The predicted molar refractivity (Wildman–Crippen MR) is 77.8 cm³/mol. The average molecular weight is 333 g/mol. The van der Waals surface area contributed by atoms with Crippen LogP contribution in [-0.2, 0) is 10.0 Å². The Morgan fingerprint density at radius 3 is 2.48 bits per heavy atom. The largest absolute Gasteiger partial charge is 0.398 e. The van der Waals surface area contributed by atoms with Crippen LogP contribution in [0, 0.1) is 18.6 Å². The van der Waals surface area contributed by atoms with Crippen molar-refractivity contribution >= 4 is 33.0 Å². The highest BCUT2D eigenvalue weighted by molar-refractivity contribution is 7.92. The summed E-state index contributed by atoms with van der Waals surface area (Å²) in [6, 6.07) is 5.33. The summed E-state index contributed by atoms with van der Waals surface area (Å²) in [6.07, 6.45) is 0. The second kappa shape index (κ2) is 5.50. The normalized spacial score (nSPS) is 11.4. The lowest BCUT2D eigenvalue weighted by Gasteiger charge is -2.11. The molecule has 0 aliphatic rings. The highest BCUT2D eigenvalue weighted by atomic mass is 35.5. The minimum atomic E-state index is -4.33. The fourth-order valence-electron chi connectivity index (χ4n) is 1.65. The highest BCUT2D eigenvalue weighted by Gasteiger charge is 2.22. The number of benzene rings is 2. The van der Waals surface area contributed by atoms with E-state index >= 15 is 0 Å². The van der Waals surface area contributed by atoms with Gasteiger partial charge in [0.05, 0.1) is 5.69 Å². The number of sulfonamides is 1. The molecule has 0 aromatic heterocycles. The van der Waals surface area contributed by atoms with E-state index in [0.717, 1.165) is 24.3 Å². The molecule has 3 N–H and O–H groups in total. The zero-order chi connectivity index (χ0) is 15.8. The topological polar surface area (TPSA) is 72.2 Å². The molecule has 21 heavy (non-hydrogen) atoms. The molecule has 0 saturated carbocycles. The molecule has 0 fully saturated rings. The SMILES string of the molecule is Cc1cc(F)c(S(=O)(=O)Nc2cc(Cl)ccc2F)cc1N. The van der Waals surface area contributed by atoms with Gasteiger partial charge in [0.15, 0.2) is 0 Å². The Kier molecular flexibility index (Phi) is 4.06. The molecule has 0 heterocycles. The summed E-state index contributed by atoms with van der Waals surface area (Å²) >= 11 is 5.67. The number of nitrogens with two attached hydrogens (primary N) is 1. The molecule has 2 rings (SSSR count). The van der Waals surface area contributed by atoms with Gasteiger partial charge in [-0.1, -0.05) is 11.6 Å². The lowest BCUT2D eigenvalue weighted by Crippen LogP contribution is -2.16. The van der Waals surface area contributed by atoms with Gasteiger partial charge in [0, 0.05) is 10.7 Å². The van der Waals surface area contributed by atoms with Gasteiger partial charge in [0.1, 0.15) is 16.5 Å². The summed E-state index contributed by atoms with van der Waals surface area (Å²) in [7, 11) is -4.33. The van der Waals surface area contributed by atoms with E-state index in [4.69, 9.17) is 17.3 Å². The number of rotatable bonds is 3. The number of nitrogen functional groups attached to an aromatic ring is 1. The van der Waals surface area contributed by atoms with Crippen molar-refractivity contribution in [3.05, 3.63) is 52.6 Å². The first-order valence-corrected chi connectivity index (χ1v) is 7.60. The fraction of sp³-hybridized carbons (Fsp3) is 0.0769. The van der Waals surface area contributed by atoms with Crippen LogP contribution in [0.15, 0.2) is 35.2 Å². The van der Waals surface area contributed by atoms with Crippen molar-refractivity contribution in [1.82, 2.24) is 0 Å². The summed E-state index contributed by atoms with van der Waals surface area (Å²) in [5.41, 5.74) is 5.72. The molecule has 0 aliphatic carbocycles. The van der Waals surface area contributed by atoms with Gasteiger partial charge in [-0.15, -0.1) is 0 Å². The molecule has 4 nitrogen and oxygen atoms in total. The van der Waals surface area contributed by atoms with E-state index in [1.165, 1.54) is 6.07 Å². The van der Waals surface area contributed by atoms with Gasteiger partial charge in [0.25, 0.3) is 10.0 Å². The van der Waals surface area contributed by atoms with Crippen LogP contribution in [0.1, 0.15) is 5.56 Å². The molecule has 112 valence electrons. The number of hydrogen-bond donors (Lipinski definition) is 2. The molecule has 0 unspecified atom stereocenters. The molecular formula is C13H11ClF2N2O2S. The Bertz CT molecular complexity index is 810. The summed E-state index contributed by atoms with van der Waals surface area (Å²) in [4.78, 5) is -0.662. The van der Waals surface area contributed by atoms with E-state index in [9.17, 15) is 17.2 Å². The molecule has 0 atom stereocenters. The smallest absolute Gasteiger partial charge is 0.264 e. The van der Waals surface area contributed by atoms with Gasteiger partial charge in [-0.05, 0) is 42.8 Å². The average Bonchev–Trinajstić information content (AvgIpc) is 2.37. The molecule has 8 heteroatoms. The van der Waals surface area contributed by atoms with Gasteiger partial charge >= 0.3 is 0 Å². The summed E-state index contributed by atoms with van der Waals surface area (Å²) in [5.74, 6) is -1.81. The van der Waals surface area contributed by atoms with Crippen LogP contribution in [-0.4, -0.2) is 8.42 Å². The van der Waals surface area contributed by atoms with Crippen LogP contribution in [0.5, 0.6) is 0 Å². The number of aryl methyl sites for hydroxylation is 1. The lowest BCUT2D eigenvalue weighted by atomic mass is 10.2. The Hall–Kier alpha value is -1.86. The van der Waals surface area contributed by atoms with Crippen LogP contribution < -0.4 is 10.5 Å². The van der Waals surface area contributed by atoms with E-state index in [0.29, 0.717) is 5.56 Å². The van der Waals surface area contributed by atoms with E-state index in [1.54, 1.807) is 6.92 Å². The van der Waals surface area contributed by atoms with Crippen molar-refractivity contribution in [2.45, 2.75) is 11.8 Å². The van der Waals surface area contributed by atoms with Gasteiger partial charge in [0.2, 0.25) is 0 Å². The van der Waals surface area contributed by atoms with E-state index in [-0.39, 0.29) is 16.4 Å². The molecule has 2 aromatic carbocycles. The zero-order valence-corrected chi connectivity index (χ0v) is 12.4. The third-order valence-electron chi connectivity index (χ3n) is 2.78. The van der Waals surface area contributed by atoms with Crippen molar-refractivity contribution in [2.75, 3.05) is 10.5 Å². The standard InChI is InChI=1S/C13H11ClF2N2O2S/c1-7-4-10(16)13(6-11(7)17)21(19,20)18-12-5-8(14)2-3-9(12)15/h2-6,18H,17H2,1H3. The van der Waals surface area contributed by atoms with Gasteiger partial charge in [-0.3, -0.25) is 4.72 Å². The molecule has 0 radical (unpaired) electrons. The fourth-order valence-corrected chi connectivity index (χ4v) is 2.98. The Balaban J connectivity index is 2.48. The highest BCUT2D eigenvalue weighted by Crippen LogP contribution is 2.26. The van der Waals surface area contributed by atoms with Crippen molar-refractivity contribution in [2.24, 2.45) is 0 Å². The van der Waals surface area contributed by atoms with Crippen LogP contribution in [0.2, 0.25) is 5.02 Å². The number of nitrogens with one attached hydrogen (secondary N) is 1. The quantitative estimate of drug-likeness (QED) is 0.847. The third-order valence-corrected chi connectivity index (χ3v) is 4.40. The van der Waals surface area contributed by atoms with E-state index in [2.05, 4.69) is 0 Å². The van der Waals surface area contributed by atoms with E-state index < -0.39 is 26.6 Å². The number of halogens is 3. The summed E-state index contributed by atoms with van der Waals surface area (Å²) in [6.45, 7) is 1.54. The van der Waals surface area contributed by atoms with Gasteiger partial charge in [-0.25, -0.2) is 17.2 Å². The van der Waals surface area contributed by atoms with Crippen molar-refractivity contribution in [1.29, 1.82) is 0 Å². The zero-order valence-electron chi connectivity index (χ0n) is 10.8. The first-order valence-electron chi connectivity index (χ1n) is 5.74. The minimum absolute atomic E-state index is 0.114. The second-order valence-corrected chi connectivity index (χ2v) is 6.46. The third kappa shape index (κ3) is 3.25. The summed E-state index contributed by atoms with van der Waals surface area (Å²) < 4.78 is 53.6. The predicted octanol–water partition coefficient (Wildman–Crippen LogP) is 3.31. The maximum Gasteiger partial charge on any atom is 0.264 e. The Labute approximate surface area is 125 Å². The molecule has 0 spiro atoms. The molecule has 0 saturated heterocycles. The maximum atomic E-state index is 13.8. The molecule has 0 bridgehead atoms. The van der Waals surface area contributed by atoms with Crippen molar-refractivity contribution in [3.63, 3.8) is 0 Å². The number of anilines is 2. The van der Waals surface area contributed by atoms with Crippen molar-refractivity contribution < 1.29 is 17.2 Å². The lowest BCUT2D eigenvalue weighted by molar-refractivity contribution is 0.569. The summed E-state index contributed by atoms with van der Waals surface area (Å²) in [5, 5.41) is 0.137. The molecule has 0 amide bonds. The van der Waals surface area contributed by atoms with Gasteiger partial charge in [-0.2, -0.15) is 0 Å². The van der Waals surface area contributed by atoms with Crippen LogP contribution >= 0.6 is 11.6 Å². The maximum absolute atomic E-state index is 13.8. The first-order chi connectivity index (χ1) is 9.70. The number of hydrogen-bond acceptors (Lipinski definition) is 3. The van der Waals surface area contributed by atoms with Crippen molar-refractivity contribution in [3.8, 4) is 0 Å². The van der Waals surface area contributed by atoms with Crippen LogP contribution in [0.3, 0.4) is 0 Å². The molecule has 0 aliphatic heterocycles. The minimum Gasteiger partial charge on any atom is -0.398 e. The molecular weight excluding hydrogens is 322 g/mol. The van der Waals surface area contributed by atoms with Crippen LogP contribution in [0.25, 0.3) is 0 Å². The monoisotopic (exact) mass is 332 g/mol. The van der Waals surface area contributed by atoms with E-state index in [1.807, 2.05) is 4.72 Å². The van der Waals surface area contributed by atoms with Gasteiger partial charge < -0.3 is 5.73 Å².